The maximum Gasteiger partial charge on any atom is 0.331 e. The van der Waals surface area contributed by atoms with Gasteiger partial charge in [-0.3, -0.25) is 18.9 Å². The van der Waals surface area contributed by atoms with Gasteiger partial charge in [0.15, 0.2) is 0 Å². The molecule has 1 aliphatic rings. The van der Waals surface area contributed by atoms with Crippen LogP contribution in [0, 0.1) is 23.2 Å². The second-order valence-corrected chi connectivity index (χ2v) is 9.08. The number of pyridine rings is 1. The summed E-state index contributed by atoms with van der Waals surface area (Å²) in [7, 11) is 1.60. The van der Waals surface area contributed by atoms with Gasteiger partial charge in [0.05, 0.1) is 24.3 Å². The monoisotopic (exact) mass is 517 g/mol. The molecule has 190 valence electrons. The number of hydrogen-bond acceptors (Lipinski definition) is 6. The summed E-state index contributed by atoms with van der Waals surface area (Å²) in [5, 5.41) is 12.0. The standard InChI is InChI=1S/C27H27N7O2.ClH/c1-3-4-14-33-24-23(21(15-28)25(33)32-13-7-9-19(29)16-32)31(2)27(36)34(26(24)35)17-22-20-10-6-5-8-18(20)11-12-30-22;/h5-6,8,10-12,19H,7,9,13-14,16-17,29H2,1-2H3;1H. The van der Waals surface area contributed by atoms with Crippen molar-refractivity contribution in [2.75, 3.05) is 18.0 Å². The minimum Gasteiger partial charge on any atom is -0.355 e. The van der Waals surface area contributed by atoms with E-state index in [-0.39, 0.29) is 37.1 Å². The molecular weight excluding hydrogens is 490 g/mol. The molecule has 37 heavy (non-hydrogen) atoms. The maximum absolute atomic E-state index is 14.0. The summed E-state index contributed by atoms with van der Waals surface area (Å²) in [6, 6.07) is 11.9. The molecule has 0 amide bonds. The zero-order valence-electron chi connectivity index (χ0n) is 20.8. The van der Waals surface area contributed by atoms with Crippen LogP contribution in [0.15, 0.2) is 46.1 Å². The minimum atomic E-state index is -0.501. The number of aromatic nitrogens is 4. The molecule has 4 heterocycles. The Morgan fingerprint density at radius 2 is 1.95 bits per heavy atom. The van der Waals surface area contributed by atoms with E-state index in [0.29, 0.717) is 35.7 Å². The summed E-state index contributed by atoms with van der Waals surface area (Å²) in [5.74, 6) is 6.52. The third-order valence-corrected chi connectivity index (χ3v) is 6.86. The van der Waals surface area contributed by atoms with E-state index in [9.17, 15) is 14.9 Å². The third-order valence-electron chi connectivity index (χ3n) is 6.86. The Morgan fingerprint density at radius 3 is 2.68 bits per heavy atom. The van der Waals surface area contributed by atoms with Crippen LogP contribution in [0.5, 0.6) is 0 Å². The van der Waals surface area contributed by atoms with E-state index < -0.39 is 11.2 Å². The Bertz CT molecular complexity index is 1710. The number of benzene rings is 1. The topological polar surface area (TPSA) is 115 Å². The van der Waals surface area contributed by atoms with Gasteiger partial charge in [0.1, 0.15) is 23.0 Å². The molecule has 1 unspecified atom stereocenters. The second-order valence-electron chi connectivity index (χ2n) is 9.08. The number of piperidine rings is 1. The SMILES string of the molecule is CC#CCn1c(N2CCCC(N)C2)c(C#N)c2c1c(=O)n(Cc1nccc3ccccc13)c(=O)n2C.Cl. The number of nitriles is 1. The summed E-state index contributed by atoms with van der Waals surface area (Å²) in [6.07, 6.45) is 3.45. The van der Waals surface area contributed by atoms with Gasteiger partial charge >= 0.3 is 5.69 Å². The molecule has 1 fully saturated rings. The molecule has 9 nitrogen and oxygen atoms in total. The number of nitrogens with zero attached hydrogens (tertiary/aromatic N) is 6. The number of aryl methyl sites for hydroxylation is 1. The summed E-state index contributed by atoms with van der Waals surface area (Å²) < 4.78 is 4.36. The van der Waals surface area contributed by atoms with Crippen molar-refractivity contribution in [2.24, 2.45) is 12.8 Å². The van der Waals surface area contributed by atoms with E-state index in [2.05, 4.69) is 22.9 Å². The molecule has 1 aromatic carbocycles. The van der Waals surface area contributed by atoms with Crippen molar-refractivity contribution >= 4 is 40.0 Å². The van der Waals surface area contributed by atoms with Crippen molar-refractivity contribution in [3.63, 3.8) is 0 Å². The van der Waals surface area contributed by atoms with Gasteiger partial charge in [-0.2, -0.15) is 5.26 Å². The van der Waals surface area contributed by atoms with E-state index in [4.69, 9.17) is 5.73 Å². The molecular formula is C27H28ClN7O2. The lowest BCUT2D eigenvalue weighted by Crippen LogP contribution is -2.44. The summed E-state index contributed by atoms with van der Waals surface area (Å²) in [5.41, 5.74) is 6.81. The van der Waals surface area contributed by atoms with Crippen LogP contribution in [0.3, 0.4) is 0 Å². The number of fused-ring (bicyclic) bond motifs is 2. The molecule has 0 aliphatic carbocycles. The molecule has 3 aromatic heterocycles. The predicted octanol–water partition coefficient (Wildman–Crippen LogP) is 2.34. The van der Waals surface area contributed by atoms with Crippen molar-refractivity contribution in [3.8, 4) is 17.9 Å². The Kier molecular flexibility index (Phi) is 7.40. The van der Waals surface area contributed by atoms with Crippen molar-refractivity contribution in [1.29, 1.82) is 5.26 Å². The van der Waals surface area contributed by atoms with Crippen LogP contribution in [-0.4, -0.2) is 37.8 Å². The molecule has 2 N–H and O–H groups in total. The van der Waals surface area contributed by atoms with Crippen LogP contribution < -0.4 is 21.9 Å². The third kappa shape index (κ3) is 4.37. The van der Waals surface area contributed by atoms with Gasteiger partial charge in [-0.25, -0.2) is 4.79 Å². The highest BCUT2D eigenvalue weighted by molar-refractivity contribution is 5.90. The van der Waals surface area contributed by atoms with E-state index in [1.165, 1.54) is 9.13 Å². The van der Waals surface area contributed by atoms with Crippen LogP contribution in [0.1, 0.15) is 31.0 Å². The Balaban J connectivity index is 0.00000320. The van der Waals surface area contributed by atoms with Gasteiger partial charge in [-0.05, 0) is 31.2 Å². The summed E-state index contributed by atoms with van der Waals surface area (Å²) in [4.78, 5) is 34.0. The smallest absolute Gasteiger partial charge is 0.331 e. The highest BCUT2D eigenvalue weighted by Crippen LogP contribution is 2.32. The van der Waals surface area contributed by atoms with Gasteiger partial charge in [0, 0.05) is 37.8 Å². The van der Waals surface area contributed by atoms with Crippen molar-refractivity contribution in [1.82, 2.24) is 18.7 Å². The Labute approximate surface area is 220 Å². The number of hydrogen-bond donors (Lipinski definition) is 1. The lowest BCUT2D eigenvalue weighted by atomic mass is 10.1. The highest BCUT2D eigenvalue weighted by atomic mass is 35.5. The van der Waals surface area contributed by atoms with Gasteiger partial charge in [0.25, 0.3) is 5.56 Å². The molecule has 10 heteroatoms. The number of anilines is 1. The average Bonchev–Trinajstić information content (AvgIpc) is 3.23. The van der Waals surface area contributed by atoms with Gasteiger partial charge in [0.2, 0.25) is 0 Å². The molecule has 1 aliphatic heterocycles. The largest absolute Gasteiger partial charge is 0.355 e. The molecule has 1 atom stereocenters. The van der Waals surface area contributed by atoms with E-state index in [1.54, 1.807) is 24.7 Å². The van der Waals surface area contributed by atoms with Crippen molar-refractivity contribution in [3.05, 3.63) is 68.6 Å². The van der Waals surface area contributed by atoms with Crippen molar-refractivity contribution < 1.29 is 0 Å². The first-order valence-corrected chi connectivity index (χ1v) is 11.9. The fourth-order valence-electron chi connectivity index (χ4n) is 5.17. The zero-order valence-corrected chi connectivity index (χ0v) is 21.6. The quantitative estimate of drug-likeness (QED) is 0.415. The molecule has 0 saturated carbocycles. The second kappa shape index (κ2) is 10.5. The minimum absolute atomic E-state index is 0. The summed E-state index contributed by atoms with van der Waals surface area (Å²) >= 11 is 0. The molecule has 4 aromatic rings. The predicted molar refractivity (Wildman–Crippen MR) is 147 cm³/mol. The van der Waals surface area contributed by atoms with Gasteiger partial charge in [-0.15, -0.1) is 18.3 Å². The normalized spacial score (nSPS) is 15.2. The van der Waals surface area contributed by atoms with Gasteiger partial charge < -0.3 is 15.2 Å². The molecule has 0 bridgehead atoms. The summed E-state index contributed by atoms with van der Waals surface area (Å²) in [6.45, 7) is 3.23. The fourth-order valence-corrected chi connectivity index (χ4v) is 5.17. The number of rotatable bonds is 4. The maximum atomic E-state index is 14.0. The van der Waals surface area contributed by atoms with Crippen LogP contribution in [0.2, 0.25) is 0 Å². The number of halogens is 1. The first-order chi connectivity index (χ1) is 17.5. The van der Waals surface area contributed by atoms with E-state index >= 15 is 0 Å². The highest BCUT2D eigenvalue weighted by Gasteiger charge is 2.29. The first kappa shape index (κ1) is 26.0. The lowest BCUT2D eigenvalue weighted by Gasteiger charge is -2.33. The molecule has 0 spiro atoms. The average molecular weight is 518 g/mol. The van der Waals surface area contributed by atoms with E-state index in [0.717, 1.165) is 23.6 Å². The van der Waals surface area contributed by atoms with Crippen LogP contribution in [0.25, 0.3) is 21.8 Å². The van der Waals surface area contributed by atoms with Crippen LogP contribution in [-0.2, 0) is 20.1 Å². The van der Waals surface area contributed by atoms with Crippen LogP contribution >= 0.6 is 12.4 Å². The van der Waals surface area contributed by atoms with E-state index in [1.807, 2.05) is 35.2 Å². The molecule has 5 rings (SSSR count). The lowest BCUT2D eigenvalue weighted by molar-refractivity contribution is 0.499. The molecule has 0 radical (unpaired) electrons. The van der Waals surface area contributed by atoms with Crippen LogP contribution in [0.4, 0.5) is 5.82 Å². The van der Waals surface area contributed by atoms with Gasteiger partial charge in [-0.1, -0.05) is 30.2 Å². The number of nitrogens with two attached hydrogens (primary N) is 1. The van der Waals surface area contributed by atoms with Crippen molar-refractivity contribution in [2.45, 2.75) is 38.9 Å². The Morgan fingerprint density at radius 1 is 1.16 bits per heavy atom. The zero-order chi connectivity index (χ0) is 25.4. The fraction of sp³-hybridized carbons (Fsp3) is 0.333. The Hall–Kier alpha value is -4.05. The first-order valence-electron chi connectivity index (χ1n) is 11.9. The molecule has 1 saturated heterocycles.